The van der Waals surface area contributed by atoms with Gasteiger partial charge in [-0.25, -0.2) is 0 Å². The van der Waals surface area contributed by atoms with Crippen molar-refractivity contribution in [2.24, 2.45) is 0 Å². The van der Waals surface area contributed by atoms with Gasteiger partial charge in [0, 0.05) is 0 Å². The van der Waals surface area contributed by atoms with Gasteiger partial charge in [-0.3, -0.25) is 0 Å². The second-order valence-corrected chi connectivity index (χ2v) is 5.77. The van der Waals surface area contributed by atoms with Crippen molar-refractivity contribution in [2.75, 3.05) is 6.61 Å². The molecule has 0 saturated heterocycles. The molecule has 0 amide bonds. The van der Waals surface area contributed by atoms with Crippen molar-refractivity contribution in [3.8, 4) is 5.75 Å². The number of aryl methyl sites for hydroxylation is 1. The number of benzene rings is 1. The minimum absolute atomic E-state index is 0. The fourth-order valence-electron chi connectivity index (χ4n) is 1.63. The zero-order chi connectivity index (χ0) is 14.8. The Morgan fingerprint density at radius 1 is 1.25 bits per heavy atom. The average Bonchev–Trinajstić information content (AvgIpc) is 2.22. The molecule has 20 heavy (non-hydrogen) atoms. The Bertz CT molecular complexity index is 478. The topological polar surface area (TPSA) is 9.23 Å². The summed E-state index contributed by atoms with van der Waals surface area (Å²) in [5, 5.41) is 0. The molecule has 1 rings (SSSR count). The maximum Gasteiger partial charge on any atom is 1.00 e. The summed E-state index contributed by atoms with van der Waals surface area (Å²) in [6.07, 6.45) is 0. The van der Waals surface area contributed by atoms with E-state index in [0.717, 1.165) is 11.1 Å². The van der Waals surface area contributed by atoms with Crippen molar-refractivity contribution in [2.45, 2.75) is 33.1 Å². The zero-order valence-electron chi connectivity index (χ0n) is 12.8. The summed E-state index contributed by atoms with van der Waals surface area (Å²) in [5.74, 6) is 0.494. The largest absolute Gasteiger partial charge is 1.00 e. The molecule has 0 radical (unpaired) electrons. The standard InChI is InChI=1S/C14H19BF3O.K/c1-10-6-7-12(14(3,4)5)13(8-10)19-9-11(2)15(16,17)18;/h6-8H,2,9H2,1,3-5H3;/q-1;+1. The first-order chi connectivity index (χ1) is 8.51. The number of hydrogen-bond donors (Lipinski definition) is 0. The summed E-state index contributed by atoms with van der Waals surface area (Å²) in [7, 11) is 0. The summed E-state index contributed by atoms with van der Waals surface area (Å²) < 4.78 is 42.7. The van der Waals surface area contributed by atoms with Gasteiger partial charge in [0.1, 0.15) is 5.75 Å². The van der Waals surface area contributed by atoms with E-state index in [1.54, 1.807) is 6.07 Å². The first-order valence-corrected chi connectivity index (χ1v) is 6.13. The van der Waals surface area contributed by atoms with Crippen molar-refractivity contribution >= 4 is 6.98 Å². The van der Waals surface area contributed by atoms with Crippen LogP contribution in [-0.4, -0.2) is 13.6 Å². The van der Waals surface area contributed by atoms with Crippen molar-refractivity contribution in [3.63, 3.8) is 0 Å². The summed E-state index contributed by atoms with van der Waals surface area (Å²) in [5.41, 5.74) is 0.835. The predicted octanol–water partition coefficient (Wildman–Crippen LogP) is 1.62. The zero-order valence-corrected chi connectivity index (χ0v) is 15.9. The number of ether oxygens (including phenoxy) is 1. The Morgan fingerprint density at radius 3 is 2.25 bits per heavy atom. The van der Waals surface area contributed by atoms with Crippen LogP contribution in [-0.2, 0) is 5.41 Å². The second-order valence-electron chi connectivity index (χ2n) is 5.77. The van der Waals surface area contributed by atoms with Crippen molar-refractivity contribution in [3.05, 3.63) is 41.4 Å². The van der Waals surface area contributed by atoms with E-state index in [1.807, 2.05) is 39.8 Å². The van der Waals surface area contributed by atoms with Gasteiger partial charge in [0.15, 0.2) is 0 Å². The fourth-order valence-corrected chi connectivity index (χ4v) is 1.63. The molecule has 0 N–H and O–H groups in total. The van der Waals surface area contributed by atoms with Gasteiger partial charge in [-0.1, -0.05) is 32.9 Å². The molecule has 0 bridgehead atoms. The minimum atomic E-state index is -5.04. The van der Waals surface area contributed by atoms with Crippen LogP contribution in [0.2, 0.25) is 0 Å². The molecule has 0 spiro atoms. The maximum absolute atomic E-state index is 12.4. The molecule has 0 saturated carbocycles. The molecule has 1 nitrogen and oxygen atoms in total. The summed E-state index contributed by atoms with van der Waals surface area (Å²) >= 11 is 0. The molecule has 0 aromatic heterocycles. The number of hydrogen-bond acceptors (Lipinski definition) is 1. The quantitative estimate of drug-likeness (QED) is 0.768. The van der Waals surface area contributed by atoms with Crippen LogP contribution in [0.4, 0.5) is 12.9 Å². The molecule has 0 aliphatic carbocycles. The van der Waals surface area contributed by atoms with E-state index >= 15 is 0 Å². The third kappa shape index (κ3) is 5.94. The molecule has 0 atom stereocenters. The van der Waals surface area contributed by atoms with Gasteiger partial charge in [-0.2, -0.15) is 0 Å². The fraction of sp³-hybridized carbons (Fsp3) is 0.429. The maximum atomic E-state index is 12.4. The Labute approximate surface area is 161 Å². The Hall–Kier alpha value is 0.251. The Morgan fingerprint density at radius 2 is 1.80 bits per heavy atom. The molecule has 0 aliphatic heterocycles. The molecule has 6 heteroatoms. The first kappa shape index (κ1) is 20.3. The summed E-state index contributed by atoms with van der Waals surface area (Å²) in [4.78, 5) is 0. The number of halogens is 3. The van der Waals surface area contributed by atoms with Crippen LogP contribution in [0.1, 0.15) is 31.9 Å². The Balaban J connectivity index is 0.00000361. The van der Waals surface area contributed by atoms with Gasteiger partial charge in [-0.05, 0) is 29.5 Å². The van der Waals surface area contributed by atoms with Crippen LogP contribution in [0.5, 0.6) is 5.75 Å². The van der Waals surface area contributed by atoms with Crippen LogP contribution in [0, 0.1) is 6.92 Å². The van der Waals surface area contributed by atoms with E-state index in [-0.39, 0.29) is 56.8 Å². The van der Waals surface area contributed by atoms with Gasteiger partial charge in [0.25, 0.3) is 0 Å². The van der Waals surface area contributed by atoms with E-state index in [2.05, 4.69) is 6.58 Å². The number of rotatable bonds is 4. The van der Waals surface area contributed by atoms with Crippen LogP contribution < -0.4 is 56.1 Å². The Kier molecular flexibility index (Phi) is 7.59. The van der Waals surface area contributed by atoms with Crippen LogP contribution in [0.15, 0.2) is 30.3 Å². The molecule has 1 aromatic carbocycles. The monoisotopic (exact) mass is 310 g/mol. The molecule has 0 unspecified atom stereocenters. The van der Waals surface area contributed by atoms with E-state index in [9.17, 15) is 12.9 Å². The van der Waals surface area contributed by atoms with E-state index in [4.69, 9.17) is 4.74 Å². The molecule has 0 heterocycles. The summed E-state index contributed by atoms with van der Waals surface area (Å²) in [6, 6.07) is 5.58. The third-order valence-electron chi connectivity index (χ3n) is 2.82. The molecule has 0 aliphatic rings. The van der Waals surface area contributed by atoms with Gasteiger partial charge in [-0.15, -0.1) is 12.1 Å². The predicted molar refractivity (Wildman–Crippen MR) is 73.6 cm³/mol. The SMILES string of the molecule is C=C(COc1cc(C)ccc1C(C)(C)C)[B-](F)(F)F.[K+]. The van der Waals surface area contributed by atoms with Gasteiger partial charge < -0.3 is 17.7 Å². The van der Waals surface area contributed by atoms with Crippen LogP contribution >= 0.6 is 0 Å². The molecule has 106 valence electrons. The molecular weight excluding hydrogens is 291 g/mol. The first-order valence-electron chi connectivity index (χ1n) is 6.13. The van der Waals surface area contributed by atoms with Crippen molar-refractivity contribution in [1.29, 1.82) is 0 Å². The third-order valence-corrected chi connectivity index (χ3v) is 2.82. The summed E-state index contributed by atoms with van der Waals surface area (Å²) in [6.45, 7) is 5.33. The van der Waals surface area contributed by atoms with Gasteiger partial charge >= 0.3 is 58.4 Å². The molecular formula is C14H19BF3KO. The average molecular weight is 310 g/mol. The normalized spacial score (nSPS) is 11.8. The molecule has 0 fully saturated rings. The van der Waals surface area contributed by atoms with Crippen LogP contribution in [0.3, 0.4) is 0 Å². The van der Waals surface area contributed by atoms with E-state index in [0.29, 0.717) is 5.75 Å². The second kappa shape index (κ2) is 7.49. The van der Waals surface area contributed by atoms with E-state index in [1.165, 1.54) is 0 Å². The van der Waals surface area contributed by atoms with E-state index < -0.39 is 19.1 Å². The van der Waals surface area contributed by atoms with Gasteiger partial charge in [0.2, 0.25) is 0 Å². The van der Waals surface area contributed by atoms with Crippen LogP contribution in [0.25, 0.3) is 0 Å². The van der Waals surface area contributed by atoms with Crippen molar-refractivity contribution in [1.82, 2.24) is 0 Å². The molecule has 1 aromatic rings. The van der Waals surface area contributed by atoms with Gasteiger partial charge in [0.05, 0.1) is 6.61 Å². The minimum Gasteiger partial charge on any atom is -0.492 e. The smallest absolute Gasteiger partial charge is 0.492 e. The van der Waals surface area contributed by atoms with Crippen molar-refractivity contribution < 1.29 is 69.1 Å².